The summed E-state index contributed by atoms with van der Waals surface area (Å²) < 4.78 is 4.23. The van der Waals surface area contributed by atoms with Crippen molar-refractivity contribution in [2.75, 3.05) is 13.2 Å². The molecular formula is C3H9BO4. The zero-order valence-corrected chi connectivity index (χ0v) is 4.45. The van der Waals surface area contributed by atoms with Crippen molar-refractivity contribution in [3.05, 3.63) is 0 Å². The Bertz CT molecular complexity index is 48.5. The zero-order chi connectivity index (χ0) is 6.41. The highest BCUT2D eigenvalue weighted by Gasteiger charge is 2.05. The van der Waals surface area contributed by atoms with Gasteiger partial charge in [-0.3, -0.25) is 0 Å². The van der Waals surface area contributed by atoms with Gasteiger partial charge in [-0.25, -0.2) is 0 Å². The van der Waals surface area contributed by atoms with E-state index >= 15 is 0 Å². The fraction of sp³-hybridized carbons (Fsp3) is 1.00. The SMILES string of the molecule is OCCCOB(O)O. The Hall–Kier alpha value is -0.0951. The molecule has 0 fully saturated rings. The Morgan fingerprint density at radius 3 is 2.38 bits per heavy atom. The minimum Gasteiger partial charge on any atom is -0.402 e. The van der Waals surface area contributed by atoms with Crippen LogP contribution in [-0.2, 0) is 4.65 Å². The highest BCUT2D eigenvalue weighted by Crippen LogP contribution is 1.79. The highest BCUT2D eigenvalue weighted by molar-refractivity contribution is 6.32. The Balaban J connectivity index is 2.72. The summed E-state index contributed by atoms with van der Waals surface area (Å²) >= 11 is 0. The summed E-state index contributed by atoms with van der Waals surface area (Å²) in [5.74, 6) is 0. The van der Waals surface area contributed by atoms with Crippen LogP contribution in [-0.4, -0.2) is 35.7 Å². The van der Waals surface area contributed by atoms with Crippen LogP contribution < -0.4 is 0 Å². The molecule has 0 aromatic heterocycles. The van der Waals surface area contributed by atoms with Crippen LogP contribution in [0.25, 0.3) is 0 Å². The highest BCUT2D eigenvalue weighted by atomic mass is 16.6. The minimum absolute atomic E-state index is 0.00667. The van der Waals surface area contributed by atoms with Crippen molar-refractivity contribution in [2.24, 2.45) is 0 Å². The van der Waals surface area contributed by atoms with Crippen molar-refractivity contribution < 1.29 is 19.8 Å². The van der Waals surface area contributed by atoms with Gasteiger partial charge in [0.15, 0.2) is 0 Å². The maximum atomic E-state index is 8.14. The summed E-state index contributed by atoms with van der Waals surface area (Å²) in [5.41, 5.74) is 0. The lowest BCUT2D eigenvalue weighted by molar-refractivity contribution is 0.165. The van der Waals surface area contributed by atoms with Crippen molar-refractivity contribution >= 4 is 7.32 Å². The van der Waals surface area contributed by atoms with Crippen LogP contribution in [0.15, 0.2) is 0 Å². The number of rotatable bonds is 4. The molecule has 0 rings (SSSR count). The van der Waals surface area contributed by atoms with Gasteiger partial charge in [0, 0.05) is 13.2 Å². The van der Waals surface area contributed by atoms with Crippen molar-refractivity contribution in [2.45, 2.75) is 6.42 Å². The van der Waals surface area contributed by atoms with Gasteiger partial charge in [-0.2, -0.15) is 0 Å². The first-order chi connectivity index (χ1) is 3.77. The number of aliphatic hydroxyl groups is 1. The third kappa shape index (κ3) is 5.90. The topological polar surface area (TPSA) is 69.9 Å². The van der Waals surface area contributed by atoms with Gasteiger partial charge in [0.2, 0.25) is 0 Å². The average molecular weight is 120 g/mol. The van der Waals surface area contributed by atoms with E-state index in [1.54, 1.807) is 0 Å². The van der Waals surface area contributed by atoms with Gasteiger partial charge in [0.1, 0.15) is 0 Å². The molecule has 0 bridgehead atoms. The van der Waals surface area contributed by atoms with Crippen LogP contribution in [0.4, 0.5) is 0 Å². The lowest BCUT2D eigenvalue weighted by Gasteiger charge is -1.97. The molecule has 0 unspecified atom stereocenters. The second-order valence-corrected chi connectivity index (χ2v) is 1.27. The average Bonchev–Trinajstić information content (AvgIpc) is 1.66. The lowest BCUT2D eigenvalue weighted by Crippen LogP contribution is -2.17. The van der Waals surface area contributed by atoms with E-state index in [4.69, 9.17) is 15.2 Å². The van der Waals surface area contributed by atoms with E-state index in [1.165, 1.54) is 0 Å². The molecule has 4 nitrogen and oxygen atoms in total. The fourth-order valence-electron chi connectivity index (χ4n) is 0.253. The Morgan fingerprint density at radius 2 is 2.00 bits per heavy atom. The summed E-state index contributed by atoms with van der Waals surface area (Å²) in [6.07, 6.45) is 0.428. The van der Waals surface area contributed by atoms with Crippen LogP contribution in [0.1, 0.15) is 6.42 Å². The predicted octanol–water partition coefficient (Wildman–Crippen LogP) is -1.65. The van der Waals surface area contributed by atoms with Gasteiger partial charge in [-0.1, -0.05) is 0 Å². The van der Waals surface area contributed by atoms with Gasteiger partial charge in [0.25, 0.3) is 0 Å². The maximum absolute atomic E-state index is 8.14. The van der Waals surface area contributed by atoms with Gasteiger partial charge in [-0.15, -0.1) is 0 Å². The van der Waals surface area contributed by atoms with Gasteiger partial charge in [0.05, 0.1) is 0 Å². The quantitative estimate of drug-likeness (QED) is 0.307. The van der Waals surface area contributed by atoms with Crippen LogP contribution in [0.2, 0.25) is 0 Å². The summed E-state index contributed by atoms with van der Waals surface area (Å²) in [4.78, 5) is 0. The van der Waals surface area contributed by atoms with Crippen LogP contribution >= 0.6 is 0 Å². The van der Waals surface area contributed by atoms with E-state index in [9.17, 15) is 0 Å². The number of hydrogen-bond donors (Lipinski definition) is 3. The van der Waals surface area contributed by atoms with Crippen LogP contribution in [0, 0.1) is 0 Å². The van der Waals surface area contributed by atoms with E-state index in [1.807, 2.05) is 0 Å². The summed E-state index contributed by atoms with van der Waals surface area (Å²) in [5, 5.41) is 24.2. The molecule has 0 aliphatic rings. The maximum Gasteiger partial charge on any atom is 0.633 e. The Morgan fingerprint density at radius 1 is 1.38 bits per heavy atom. The smallest absolute Gasteiger partial charge is 0.402 e. The molecule has 0 aliphatic heterocycles. The summed E-state index contributed by atoms with van der Waals surface area (Å²) in [6.45, 7) is 0.181. The van der Waals surface area contributed by atoms with Crippen molar-refractivity contribution in [3.63, 3.8) is 0 Å². The van der Waals surface area contributed by atoms with Crippen LogP contribution in [0.5, 0.6) is 0 Å². The molecule has 3 N–H and O–H groups in total. The third-order valence-electron chi connectivity index (χ3n) is 0.569. The molecule has 8 heavy (non-hydrogen) atoms. The standard InChI is InChI=1S/C3H9BO4/c5-2-1-3-8-4(6)7/h5-7H,1-3H2. The first-order valence-electron chi connectivity index (χ1n) is 2.36. The predicted molar refractivity (Wildman–Crippen MR) is 27.8 cm³/mol. The molecule has 0 saturated heterocycles. The molecule has 48 valence electrons. The molecule has 0 amide bonds. The van der Waals surface area contributed by atoms with Crippen molar-refractivity contribution in [3.8, 4) is 0 Å². The fourth-order valence-corrected chi connectivity index (χ4v) is 0.253. The molecule has 0 spiro atoms. The second-order valence-electron chi connectivity index (χ2n) is 1.27. The third-order valence-corrected chi connectivity index (χ3v) is 0.569. The molecule has 0 aromatic rings. The molecule has 0 atom stereocenters. The molecule has 0 radical (unpaired) electrons. The van der Waals surface area contributed by atoms with Crippen molar-refractivity contribution in [1.29, 1.82) is 0 Å². The second kappa shape index (κ2) is 5.05. The van der Waals surface area contributed by atoms with E-state index < -0.39 is 7.32 Å². The van der Waals surface area contributed by atoms with E-state index in [-0.39, 0.29) is 13.2 Å². The number of hydrogen-bond acceptors (Lipinski definition) is 4. The first kappa shape index (κ1) is 7.90. The number of aliphatic hydroxyl groups excluding tert-OH is 1. The van der Waals surface area contributed by atoms with Crippen LogP contribution in [0.3, 0.4) is 0 Å². The molecule has 0 heterocycles. The minimum atomic E-state index is -1.71. The Kier molecular flexibility index (Phi) is 4.99. The molecule has 0 aliphatic carbocycles. The zero-order valence-electron chi connectivity index (χ0n) is 4.45. The molecular weight excluding hydrogens is 111 g/mol. The normalized spacial score (nSPS) is 9.38. The van der Waals surface area contributed by atoms with Gasteiger partial charge in [-0.05, 0) is 6.42 Å². The molecule has 5 heteroatoms. The van der Waals surface area contributed by atoms with E-state index in [2.05, 4.69) is 4.65 Å². The first-order valence-corrected chi connectivity index (χ1v) is 2.36. The monoisotopic (exact) mass is 120 g/mol. The molecule has 0 saturated carbocycles. The lowest BCUT2D eigenvalue weighted by atomic mass is 10.2. The summed E-state index contributed by atoms with van der Waals surface area (Å²) in [7, 11) is -1.71. The Labute approximate surface area is 47.9 Å². The van der Waals surface area contributed by atoms with E-state index in [0.717, 1.165) is 0 Å². The van der Waals surface area contributed by atoms with Gasteiger partial charge >= 0.3 is 7.32 Å². The van der Waals surface area contributed by atoms with E-state index in [0.29, 0.717) is 6.42 Å². The largest absolute Gasteiger partial charge is 0.633 e. The summed E-state index contributed by atoms with van der Waals surface area (Å²) in [6, 6.07) is 0. The van der Waals surface area contributed by atoms with Crippen molar-refractivity contribution in [1.82, 2.24) is 0 Å². The molecule has 0 aromatic carbocycles. The van der Waals surface area contributed by atoms with Gasteiger partial charge < -0.3 is 19.8 Å².